The van der Waals surface area contributed by atoms with Crippen LogP contribution in [-0.4, -0.2) is 0 Å². The minimum Gasteiger partial charge on any atom is -1.00 e. The molecule has 0 aromatic carbocycles. The fourth-order valence-electron chi connectivity index (χ4n) is 1.90. The van der Waals surface area contributed by atoms with Crippen LogP contribution in [0.2, 0.25) is 0 Å². The number of nitrogens with zero attached hydrogens (tertiary/aromatic N) is 1. The van der Waals surface area contributed by atoms with Crippen LogP contribution in [0.4, 0.5) is 0 Å². The Hall–Kier alpha value is -0.370. The topological polar surface area (TPSA) is 3.88 Å². The second kappa shape index (κ2) is 9.83. The van der Waals surface area contributed by atoms with Gasteiger partial charge in [0.15, 0.2) is 18.4 Å². The molecule has 0 saturated carbocycles. The summed E-state index contributed by atoms with van der Waals surface area (Å²) in [5, 5.41) is 0. The molecule has 1 aromatic rings. The average Bonchev–Trinajstić information content (AvgIpc) is 2.30. The van der Waals surface area contributed by atoms with Crippen LogP contribution in [0, 0.1) is 0 Å². The Morgan fingerprint density at radius 2 is 1.56 bits per heavy atom. The predicted octanol–water partition coefficient (Wildman–Crippen LogP) is 0.900. The number of hydrogen-bond acceptors (Lipinski definition) is 0. The number of unbranched alkanes of at least 4 members (excludes halogenated alkanes) is 4. The van der Waals surface area contributed by atoms with E-state index in [1.165, 1.54) is 38.5 Å². The van der Waals surface area contributed by atoms with Gasteiger partial charge in [0.05, 0.1) is 0 Å². The first-order chi connectivity index (χ1) is 7.34. The van der Waals surface area contributed by atoms with Gasteiger partial charge in [-0.3, -0.25) is 0 Å². The molecular formula is C14H24BrN. The summed E-state index contributed by atoms with van der Waals surface area (Å²) in [6, 6.07) is 6.93. The van der Waals surface area contributed by atoms with E-state index in [1.54, 1.807) is 0 Å². The van der Waals surface area contributed by atoms with E-state index >= 15 is 0 Å². The molecule has 0 aliphatic rings. The third-order valence-corrected chi connectivity index (χ3v) is 2.97. The smallest absolute Gasteiger partial charge is 0.169 e. The zero-order valence-electron chi connectivity index (χ0n) is 10.5. The van der Waals surface area contributed by atoms with E-state index in [9.17, 15) is 0 Å². The Labute approximate surface area is 111 Å². The second-order valence-electron chi connectivity index (χ2n) is 4.37. The Balaban J connectivity index is 0.00000225. The highest BCUT2D eigenvalue weighted by molar-refractivity contribution is 4.83. The van der Waals surface area contributed by atoms with Gasteiger partial charge in [-0.05, 0) is 13.3 Å². The van der Waals surface area contributed by atoms with Gasteiger partial charge in [-0.1, -0.05) is 38.7 Å². The van der Waals surface area contributed by atoms with Crippen LogP contribution in [0.1, 0.15) is 58.4 Å². The van der Waals surface area contributed by atoms with Crippen molar-refractivity contribution in [2.24, 2.45) is 0 Å². The van der Waals surface area contributed by atoms with E-state index in [0.29, 0.717) is 6.04 Å². The molecule has 1 aromatic heterocycles. The maximum atomic E-state index is 2.31. The summed E-state index contributed by atoms with van der Waals surface area (Å²) in [6.45, 7) is 4.57. The van der Waals surface area contributed by atoms with Crippen LogP contribution in [0.15, 0.2) is 30.6 Å². The molecule has 2 heteroatoms. The molecule has 1 nitrogen and oxygen atoms in total. The molecule has 1 unspecified atom stereocenters. The highest BCUT2D eigenvalue weighted by Crippen LogP contribution is 2.10. The Kier molecular flexibility index (Phi) is 9.60. The summed E-state index contributed by atoms with van der Waals surface area (Å²) < 4.78 is 2.31. The molecule has 0 radical (unpaired) electrons. The van der Waals surface area contributed by atoms with Crippen molar-refractivity contribution in [3.8, 4) is 0 Å². The van der Waals surface area contributed by atoms with Crippen LogP contribution in [0.5, 0.6) is 0 Å². The molecule has 0 fully saturated rings. The van der Waals surface area contributed by atoms with Gasteiger partial charge in [0, 0.05) is 18.6 Å². The van der Waals surface area contributed by atoms with Crippen LogP contribution >= 0.6 is 0 Å². The third-order valence-electron chi connectivity index (χ3n) is 2.97. The van der Waals surface area contributed by atoms with Crippen molar-refractivity contribution >= 4 is 0 Å². The summed E-state index contributed by atoms with van der Waals surface area (Å²) in [5.41, 5.74) is 0. The van der Waals surface area contributed by atoms with Crippen molar-refractivity contribution in [3.05, 3.63) is 30.6 Å². The van der Waals surface area contributed by atoms with Crippen molar-refractivity contribution in [3.63, 3.8) is 0 Å². The number of halogens is 1. The molecule has 0 aliphatic carbocycles. The first-order valence-corrected chi connectivity index (χ1v) is 6.30. The van der Waals surface area contributed by atoms with Crippen molar-refractivity contribution in [1.82, 2.24) is 0 Å². The number of hydrogen-bond donors (Lipinski definition) is 0. The second-order valence-corrected chi connectivity index (χ2v) is 4.37. The minimum absolute atomic E-state index is 0. The summed E-state index contributed by atoms with van der Waals surface area (Å²) in [6.07, 6.45) is 12.5. The minimum atomic E-state index is 0. The lowest BCUT2D eigenvalue weighted by atomic mass is 10.1. The van der Waals surface area contributed by atoms with Gasteiger partial charge in [-0.15, -0.1) is 0 Å². The predicted molar refractivity (Wildman–Crippen MR) is 64.7 cm³/mol. The zero-order chi connectivity index (χ0) is 10.9. The lowest BCUT2D eigenvalue weighted by Gasteiger charge is -2.06. The summed E-state index contributed by atoms with van der Waals surface area (Å²) in [5.74, 6) is 0. The van der Waals surface area contributed by atoms with E-state index < -0.39 is 0 Å². The van der Waals surface area contributed by atoms with Gasteiger partial charge in [0.25, 0.3) is 0 Å². The lowest BCUT2D eigenvalue weighted by Crippen LogP contribution is -3.00. The standard InChI is InChI=1S/C14H24N.BrH/c1-3-4-5-6-8-11-14(2)15-12-9-7-10-13-15;/h7,9-10,12-14H,3-6,8,11H2,1-2H3;1H/q+1;/p-1. The first kappa shape index (κ1) is 15.6. The Bertz CT molecular complexity index is 248. The van der Waals surface area contributed by atoms with Crippen LogP contribution in [0.25, 0.3) is 0 Å². The van der Waals surface area contributed by atoms with Gasteiger partial charge in [-0.2, -0.15) is 0 Å². The van der Waals surface area contributed by atoms with Crippen molar-refractivity contribution in [1.29, 1.82) is 0 Å². The van der Waals surface area contributed by atoms with Gasteiger partial charge in [0.1, 0.15) is 0 Å². The molecule has 0 amide bonds. The van der Waals surface area contributed by atoms with E-state index in [0.717, 1.165) is 0 Å². The average molecular weight is 286 g/mol. The first-order valence-electron chi connectivity index (χ1n) is 6.30. The van der Waals surface area contributed by atoms with E-state index in [4.69, 9.17) is 0 Å². The number of aromatic nitrogens is 1. The van der Waals surface area contributed by atoms with Gasteiger partial charge in [-0.25, -0.2) is 4.57 Å². The molecule has 0 bridgehead atoms. The molecule has 0 saturated heterocycles. The molecule has 92 valence electrons. The van der Waals surface area contributed by atoms with Crippen molar-refractivity contribution in [2.75, 3.05) is 0 Å². The monoisotopic (exact) mass is 285 g/mol. The van der Waals surface area contributed by atoms with E-state index in [2.05, 4.69) is 49.0 Å². The summed E-state index contributed by atoms with van der Waals surface area (Å²) in [4.78, 5) is 0. The van der Waals surface area contributed by atoms with Crippen LogP contribution < -0.4 is 21.5 Å². The fraction of sp³-hybridized carbons (Fsp3) is 0.643. The number of rotatable bonds is 7. The molecule has 0 aliphatic heterocycles. The largest absolute Gasteiger partial charge is 1.00 e. The zero-order valence-corrected chi connectivity index (χ0v) is 12.1. The molecule has 1 rings (SSSR count). The van der Waals surface area contributed by atoms with Crippen LogP contribution in [-0.2, 0) is 0 Å². The quantitative estimate of drug-likeness (QED) is 0.518. The third kappa shape index (κ3) is 6.26. The molecule has 1 heterocycles. The molecule has 16 heavy (non-hydrogen) atoms. The molecule has 1 atom stereocenters. The van der Waals surface area contributed by atoms with Gasteiger partial charge < -0.3 is 17.0 Å². The van der Waals surface area contributed by atoms with E-state index in [1.807, 2.05) is 0 Å². The maximum Gasteiger partial charge on any atom is 0.169 e. The fourth-order valence-corrected chi connectivity index (χ4v) is 1.90. The lowest BCUT2D eigenvalue weighted by molar-refractivity contribution is -0.720. The molecule has 0 N–H and O–H groups in total. The van der Waals surface area contributed by atoms with Crippen molar-refractivity contribution < 1.29 is 21.5 Å². The Morgan fingerprint density at radius 1 is 0.938 bits per heavy atom. The van der Waals surface area contributed by atoms with E-state index in [-0.39, 0.29) is 17.0 Å². The maximum absolute atomic E-state index is 2.31. The molecule has 0 spiro atoms. The summed E-state index contributed by atoms with van der Waals surface area (Å²) in [7, 11) is 0. The SMILES string of the molecule is CCCCCCCC(C)[n+]1ccccc1.[Br-]. The highest BCUT2D eigenvalue weighted by atomic mass is 79.9. The van der Waals surface area contributed by atoms with Gasteiger partial charge >= 0.3 is 0 Å². The summed E-state index contributed by atoms with van der Waals surface area (Å²) >= 11 is 0. The number of pyridine rings is 1. The normalized spacial score (nSPS) is 11.9. The van der Waals surface area contributed by atoms with Gasteiger partial charge in [0.2, 0.25) is 0 Å². The van der Waals surface area contributed by atoms with Crippen LogP contribution in [0.3, 0.4) is 0 Å². The highest BCUT2D eigenvalue weighted by Gasteiger charge is 2.09. The Morgan fingerprint density at radius 3 is 2.19 bits per heavy atom. The van der Waals surface area contributed by atoms with Crippen molar-refractivity contribution in [2.45, 2.75) is 58.4 Å². The molecular weight excluding hydrogens is 262 g/mol.